The summed E-state index contributed by atoms with van der Waals surface area (Å²) in [6, 6.07) is 8.58. The number of hydrogen-bond donors (Lipinski definition) is 1. The predicted octanol–water partition coefficient (Wildman–Crippen LogP) is 3.10. The number of ether oxygens (including phenoxy) is 1. The fraction of sp³-hybridized carbons (Fsp3) is 0.267. The Morgan fingerprint density at radius 1 is 1.43 bits per heavy atom. The number of rotatable bonds is 4. The van der Waals surface area contributed by atoms with Gasteiger partial charge in [0.2, 0.25) is 0 Å². The Bertz CT molecular complexity index is 688. The van der Waals surface area contributed by atoms with Crippen LogP contribution in [0.5, 0.6) is 5.75 Å². The molecule has 0 bridgehead atoms. The number of anilines is 1. The molecule has 0 amide bonds. The van der Waals surface area contributed by atoms with Crippen LogP contribution < -0.4 is 10.1 Å². The molecule has 6 heteroatoms. The maximum atomic E-state index is 10.9. The van der Waals surface area contributed by atoms with Crippen molar-refractivity contribution in [3.8, 4) is 5.75 Å². The third-order valence-electron chi connectivity index (χ3n) is 3.68. The number of hydrogen-bond acceptors (Lipinski definition) is 5. The molecule has 0 saturated heterocycles. The SMILES string of the molecule is COc1ccc([N+](=O)[O-])cc1NC1CCc2cccnc21. The molecular formula is C15H15N3O3. The number of fused-ring (bicyclic) bond motifs is 1. The zero-order valence-electron chi connectivity index (χ0n) is 11.6. The lowest BCUT2D eigenvalue weighted by Gasteiger charge is -2.17. The number of aromatic nitrogens is 1. The van der Waals surface area contributed by atoms with Gasteiger partial charge in [-0.05, 0) is 30.5 Å². The third-order valence-corrected chi connectivity index (χ3v) is 3.68. The van der Waals surface area contributed by atoms with Gasteiger partial charge in [-0.1, -0.05) is 6.07 Å². The van der Waals surface area contributed by atoms with E-state index in [0.29, 0.717) is 11.4 Å². The van der Waals surface area contributed by atoms with E-state index < -0.39 is 4.92 Å². The lowest BCUT2D eigenvalue weighted by Crippen LogP contribution is -2.09. The Balaban J connectivity index is 1.91. The molecule has 1 heterocycles. The highest BCUT2D eigenvalue weighted by atomic mass is 16.6. The maximum Gasteiger partial charge on any atom is 0.271 e. The minimum absolute atomic E-state index is 0.0394. The second-order valence-electron chi connectivity index (χ2n) is 4.93. The van der Waals surface area contributed by atoms with E-state index in [1.165, 1.54) is 17.7 Å². The number of non-ortho nitro benzene ring substituents is 1. The number of aryl methyl sites for hydroxylation is 1. The summed E-state index contributed by atoms with van der Waals surface area (Å²) >= 11 is 0. The molecule has 0 radical (unpaired) electrons. The second-order valence-corrected chi connectivity index (χ2v) is 4.93. The number of benzene rings is 1. The molecule has 6 nitrogen and oxygen atoms in total. The van der Waals surface area contributed by atoms with Crippen molar-refractivity contribution in [1.29, 1.82) is 0 Å². The van der Waals surface area contributed by atoms with Crippen molar-refractivity contribution in [1.82, 2.24) is 4.98 Å². The topological polar surface area (TPSA) is 77.3 Å². The molecule has 0 fully saturated rings. The van der Waals surface area contributed by atoms with Gasteiger partial charge in [0.05, 0.1) is 29.5 Å². The zero-order valence-corrected chi connectivity index (χ0v) is 11.6. The average molecular weight is 285 g/mol. The first-order valence-corrected chi connectivity index (χ1v) is 6.72. The van der Waals surface area contributed by atoms with Gasteiger partial charge in [0.1, 0.15) is 5.75 Å². The summed E-state index contributed by atoms with van der Waals surface area (Å²) < 4.78 is 5.27. The molecule has 1 aliphatic carbocycles. The predicted molar refractivity (Wildman–Crippen MR) is 78.6 cm³/mol. The lowest BCUT2D eigenvalue weighted by atomic mass is 10.2. The Morgan fingerprint density at radius 3 is 3.05 bits per heavy atom. The largest absolute Gasteiger partial charge is 0.495 e. The molecule has 1 unspecified atom stereocenters. The first-order chi connectivity index (χ1) is 10.2. The van der Waals surface area contributed by atoms with Gasteiger partial charge in [-0.15, -0.1) is 0 Å². The van der Waals surface area contributed by atoms with Gasteiger partial charge in [-0.3, -0.25) is 15.1 Å². The number of pyridine rings is 1. The van der Waals surface area contributed by atoms with E-state index in [2.05, 4.69) is 16.4 Å². The van der Waals surface area contributed by atoms with Crippen LogP contribution in [0.2, 0.25) is 0 Å². The third kappa shape index (κ3) is 2.52. The highest BCUT2D eigenvalue weighted by Crippen LogP contribution is 2.36. The van der Waals surface area contributed by atoms with E-state index in [9.17, 15) is 10.1 Å². The second kappa shape index (κ2) is 5.40. The number of nitrogens with one attached hydrogen (secondary N) is 1. The van der Waals surface area contributed by atoms with Crippen molar-refractivity contribution in [3.05, 3.63) is 57.9 Å². The standard InChI is InChI=1S/C15H15N3O3/c1-21-14-7-5-11(18(19)20)9-13(14)17-12-6-4-10-3-2-8-16-15(10)12/h2-3,5,7-9,12,17H,4,6H2,1H3. The van der Waals surface area contributed by atoms with Crippen molar-refractivity contribution in [2.45, 2.75) is 18.9 Å². The maximum absolute atomic E-state index is 10.9. The van der Waals surface area contributed by atoms with Gasteiger partial charge in [-0.2, -0.15) is 0 Å². The Morgan fingerprint density at radius 2 is 2.29 bits per heavy atom. The summed E-state index contributed by atoms with van der Waals surface area (Å²) in [6.07, 6.45) is 3.64. The minimum atomic E-state index is -0.411. The van der Waals surface area contributed by atoms with Crippen LogP contribution in [-0.4, -0.2) is 17.0 Å². The fourth-order valence-electron chi connectivity index (χ4n) is 2.66. The van der Waals surface area contributed by atoms with E-state index in [1.54, 1.807) is 19.4 Å². The van der Waals surface area contributed by atoms with Crippen molar-refractivity contribution in [2.24, 2.45) is 0 Å². The molecular weight excluding hydrogens is 270 g/mol. The van der Waals surface area contributed by atoms with Gasteiger partial charge in [0, 0.05) is 18.3 Å². The van der Waals surface area contributed by atoms with Crippen LogP contribution in [-0.2, 0) is 6.42 Å². The zero-order chi connectivity index (χ0) is 14.8. The smallest absolute Gasteiger partial charge is 0.271 e. The van der Waals surface area contributed by atoms with Crippen LogP contribution in [0.1, 0.15) is 23.7 Å². The van der Waals surface area contributed by atoms with Crippen LogP contribution >= 0.6 is 0 Å². The van der Waals surface area contributed by atoms with Gasteiger partial charge in [0.15, 0.2) is 0 Å². The quantitative estimate of drug-likeness (QED) is 0.690. The number of nitro groups is 1. The van der Waals surface area contributed by atoms with Crippen molar-refractivity contribution in [3.63, 3.8) is 0 Å². The molecule has 108 valence electrons. The lowest BCUT2D eigenvalue weighted by molar-refractivity contribution is -0.384. The number of methoxy groups -OCH3 is 1. The molecule has 2 aromatic rings. The summed E-state index contributed by atoms with van der Waals surface area (Å²) in [5.41, 5.74) is 2.89. The van der Waals surface area contributed by atoms with Gasteiger partial charge >= 0.3 is 0 Å². The highest BCUT2D eigenvalue weighted by Gasteiger charge is 2.24. The van der Waals surface area contributed by atoms with Gasteiger partial charge in [-0.25, -0.2) is 0 Å². The molecule has 1 atom stereocenters. The minimum Gasteiger partial charge on any atom is -0.495 e. The van der Waals surface area contributed by atoms with E-state index >= 15 is 0 Å². The summed E-state index contributed by atoms with van der Waals surface area (Å²) in [5.74, 6) is 0.588. The Kier molecular flexibility index (Phi) is 3.43. The van der Waals surface area contributed by atoms with Crippen LogP contribution in [0.25, 0.3) is 0 Å². The average Bonchev–Trinajstić information content (AvgIpc) is 2.90. The van der Waals surface area contributed by atoms with Crippen molar-refractivity contribution in [2.75, 3.05) is 12.4 Å². The normalized spacial score (nSPS) is 16.3. The molecule has 0 spiro atoms. The molecule has 1 aromatic heterocycles. The van der Waals surface area contributed by atoms with Gasteiger partial charge < -0.3 is 10.1 Å². The van der Waals surface area contributed by atoms with E-state index in [4.69, 9.17) is 4.74 Å². The molecule has 3 rings (SSSR count). The summed E-state index contributed by atoms with van der Waals surface area (Å²) in [7, 11) is 1.55. The highest BCUT2D eigenvalue weighted by molar-refractivity contribution is 5.62. The molecule has 21 heavy (non-hydrogen) atoms. The van der Waals surface area contributed by atoms with Gasteiger partial charge in [0.25, 0.3) is 5.69 Å². The summed E-state index contributed by atoms with van der Waals surface area (Å²) in [6.45, 7) is 0. The van der Waals surface area contributed by atoms with Crippen LogP contribution in [0, 0.1) is 10.1 Å². The monoisotopic (exact) mass is 285 g/mol. The van der Waals surface area contributed by atoms with Crippen LogP contribution in [0.4, 0.5) is 11.4 Å². The van der Waals surface area contributed by atoms with E-state index in [1.807, 2.05) is 6.07 Å². The Labute approximate surface area is 121 Å². The van der Waals surface area contributed by atoms with Crippen LogP contribution in [0.3, 0.4) is 0 Å². The number of nitro benzene ring substituents is 1. The van der Waals surface area contributed by atoms with E-state index in [0.717, 1.165) is 18.5 Å². The van der Waals surface area contributed by atoms with Crippen molar-refractivity contribution < 1.29 is 9.66 Å². The first-order valence-electron chi connectivity index (χ1n) is 6.72. The molecule has 0 aliphatic heterocycles. The van der Waals surface area contributed by atoms with E-state index in [-0.39, 0.29) is 11.7 Å². The molecule has 1 aromatic carbocycles. The molecule has 1 N–H and O–H groups in total. The summed E-state index contributed by atoms with van der Waals surface area (Å²) in [5, 5.41) is 14.2. The Hall–Kier alpha value is -2.63. The fourth-order valence-corrected chi connectivity index (χ4v) is 2.66. The van der Waals surface area contributed by atoms with Crippen molar-refractivity contribution >= 4 is 11.4 Å². The first kappa shape index (κ1) is 13.4. The summed E-state index contributed by atoms with van der Waals surface area (Å²) in [4.78, 5) is 14.9. The molecule has 0 saturated carbocycles. The van der Waals surface area contributed by atoms with Crippen LogP contribution in [0.15, 0.2) is 36.5 Å². The molecule has 1 aliphatic rings. The number of nitrogens with zero attached hydrogens (tertiary/aromatic N) is 2.